The van der Waals surface area contributed by atoms with Gasteiger partial charge in [-0.05, 0) is 57.5 Å². The van der Waals surface area contributed by atoms with Gasteiger partial charge in [0.05, 0.1) is 6.54 Å². The van der Waals surface area contributed by atoms with Crippen LogP contribution in [-0.4, -0.2) is 28.6 Å². The summed E-state index contributed by atoms with van der Waals surface area (Å²) >= 11 is 0. The highest BCUT2D eigenvalue weighted by Crippen LogP contribution is 2.39. The van der Waals surface area contributed by atoms with Crippen molar-refractivity contribution in [1.29, 1.82) is 0 Å². The zero-order chi connectivity index (χ0) is 26.1. The van der Waals surface area contributed by atoms with Gasteiger partial charge in [-0.3, -0.25) is 0 Å². The Bertz CT molecular complexity index is 1440. The Morgan fingerprint density at radius 3 is 2.19 bits per heavy atom. The quantitative estimate of drug-likeness (QED) is 0.158. The highest BCUT2D eigenvalue weighted by molar-refractivity contribution is 6.00. The molecule has 36 heavy (non-hydrogen) atoms. The summed E-state index contributed by atoms with van der Waals surface area (Å²) in [5.74, 6) is -6.22. The Labute approximate surface area is 206 Å². The number of carbonyl (C=O) groups excluding carboxylic acids is 1. The monoisotopic (exact) mass is 498 g/mol. The van der Waals surface area contributed by atoms with Crippen molar-refractivity contribution in [2.24, 2.45) is 0 Å². The molecule has 0 saturated heterocycles. The maximum Gasteiger partial charge on any atom is 0.415 e. The maximum absolute atomic E-state index is 14.4. The van der Waals surface area contributed by atoms with E-state index in [4.69, 9.17) is 4.74 Å². The van der Waals surface area contributed by atoms with E-state index in [1.807, 2.05) is 45.9 Å². The van der Waals surface area contributed by atoms with Crippen LogP contribution in [0.15, 0.2) is 48.7 Å². The molecule has 0 spiro atoms. The van der Waals surface area contributed by atoms with Gasteiger partial charge in [-0.2, -0.15) is 0 Å². The second-order valence-corrected chi connectivity index (χ2v) is 8.69. The standard InChI is InChI=1S/C28H26F4N2O2/c1-5-33(6-2)28(35)36-23-8-7-22-20(24(23)18-12-16(3)11-17(4)13-18)9-10-34(22)15-19-14-21(29)26(31)27(32)25(19)30/h7-14H,5-6,15H2,1-4H3. The van der Waals surface area contributed by atoms with Gasteiger partial charge in [-0.25, -0.2) is 22.4 Å². The Morgan fingerprint density at radius 1 is 0.889 bits per heavy atom. The summed E-state index contributed by atoms with van der Waals surface area (Å²) in [6.45, 7) is 8.40. The van der Waals surface area contributed by atoms with Crippen LogP contribution in [0.3, 0.4) is 0 Å². The average molecular weight is 499 g/mol. The number of aryl methyl sites for hydroxylation is 2. The number of hydrogen-bond acceptors (Lipinski definition) is 2. The number of rotatable bonds is 6. The molecule has 1 heterocycles. The van der Waals surface area contributed by atoms with Gasteiger partial charge in [-0.1, -0.05) is 29.3 Å². The van der Waals surface area contributed by atoms with Gasteiger partial charge in [0.2, 0.25) is 0 Å². The zero-order valence-electron chi connectivity index (χ0n) is 20.5. The van der Waals surface area contributed by atoms with E-state index < -0.39 is 29.4 Å². The fourth-order valence-electron chi connectivity index (χ4n) is 4.45. The molecule has 0 aliphatic carbocycles. The molecular formula is C28H26F4N2O2. The van der Waals surface area contributed by atoms with Crippen LogP contribution >= 0.6 is 0 Å². The van der Waals surface area contributed by atoms with Crippen molar-refractivity contribution in [3.05, 3.63) is 88.6 Å². The van der Waals surface area contributed by atoms with Crippen LogP contribution in [0, 0.1) is 37.1 Å². The lowest BCUT2D eigenvalue weighted by molar-refractivity contribution is 0.157. The molecule has 0 aliphatic rings. The third-order valence-electron chi connectivity index (χ3n) is 6.16. The van der Waals surface area contributed by atoms with Gasteiger partial charge in [0.1, 0.15) is 5.75 Å². The van der Waals surface area contributed by atoms with Crippen LogP contribution in [-0.2, 0) is 6.54 Å². The largest absolute Gasteiger partial charge is 0.415 e. The van der Waals surface area contributed by atoms with E-state index in [9.17, 15) is 22.4 Å². The molecular weight excluding hydrogens is 472 g/mol. The average Bonchev–Trinajstić information content (AvgIpc) is 3.23. The molecule has 4 rings (SSSR count). The van der Waals surface area contributed by atoms with E-state index in [-0.39, 0.29) is 12.1 Å². The number of fused-ring (bicyclic) bond motifs is 1. The molecule has 8 heteroatoms. The van der Waals surface area contributed by atoms with Crippen LogP contribution in [0.25, 0.3) is 22.0 Å². The highest BCUT2D eigenvalue weighted by Gasteiger charge is 2.22. The Hall–Kier alpha value is -3.81. The number of halogens is 4. The van der Waals surface area contributed by atoms with Crippen LogP contribution in [0.4, 0.5) is 22.4 Å². The molecule has 188 valence electrons. The number of carbonyl (C=O) groups is 1. The molecule has 1 aromatic heterocycles. The van der Waals surface area contributed by atoms with Gasteiger partial charge in [-0.15, -0.1) is 0 Å². The molecule has 0 saturated carbocycles. The lowest BCUT2D eigenvalue weighted by Crippen LogP contribution is -2.33. The number of aromatic nitrogens is 1. The fraction of sp³-hybridized carbons (Fsp3) is 0.250. The summed E-state index contributed by atoms with van der Waals surface area (Å²) in [7, 11) is 0. The van der Waals surface area contributed by atoms with Gasteiger partial charge in [0.25, 0.3) is 0 Å². The number of ether oxygens (including phenoxy) is 1. The number of nitrogens with zero attached hydrogens (tertiary/aromatic N) is 2. The van der Waals surface area contributed by atoms with Crippen LogP contribution < -0.4 is 4.74 Å². The molecule has 0 atom stereocenters. The van der Waals surface area contributed by atoms with Gasteiger partial charge in [0.15, 0.2) is 23.3 Å². The Kier molecular flexibility index (Phi) is 7.06. The Morgan fingerprint density at radius 2 is 1.56 bits per heavy atom. The van der Waals surface area contributed by atoms with Gasteiger partial charge < -0.3 is 14.2 Å². The Balaban J connectivity index is 1.87. The van der Waals surface area contributed by atoms with Crippen molar-refractivity contribution in [3.63, 3.8) is 0 Å². The first-order chi connectivity index (χ1) is 17.1. The highest BCUT2D eigenvalue weighted by atomic mass is 19.2. The summed E-state index contributed by atoms with van der Waals surface area (Å²) < 4.78 is 62.8. The molecule has 4 aromatic rings. The molecule has 0 fully saturated rings. The lowest BCUT2D eigenvalue weighted by Gasteiger charge is -2.20. The van der Waals surface area contributed by atoms with Crippen molar-refractivity contribution in [1.82, 2.24) is 9.47 Å². The van der Waals surface area contributed by atoms with Crippen LogP contribution in [0.1, 0.15) is 30.5 Å². The number of hydrogen-bond donors (Lipinski definition) is 0. The van der Waals surface area contributed by atoms with E-state index in [1.54, 1.807) is 33.9 Å². The zero-order valence-corrected chi connectivity index (χ0v) is 20.5. The van der Waals surface area contributed by atoms with E-state index >= 15 is 0 Å². The molecule has 0 N–H and O–H groups in total. The first-order valence-electron chi connectivity index (χ1n) is 11.6. The SMILES string of the molecule is CCN(CC)C(=O)Oc1ccc2c(ccn2Cc2cc(F)c(F)c(F)c2F)c1-c1cc(C)cc(C)c1. The molecule has 1 amide bonds. The molecule has 0 bridgehead atoms. The van der Waals surface area contributed by atoms with E-state index in [1.165, 1.54) is 0 Å². The fourth-order valence-corrected chi connectivity index (χ4v) is 4.45. The summed E-state index contributed by atoms with van der Waals surface area (Å²) in [6, 6.07) is 11.7. The predicted octanol–water partition coefficient (Wildman–Crippen LogP) is 7.37. The first kappa shape index (κ1) is 25.3. The van der Waals surface area contributed by atoms with E-state index in [2.05, 4.69) is 0 Å². The van der Waals surface area contributed by atoms with E-state index in [0.29, 0.717) is 41.4 Å². The first-order valence-corrected chi connectivity index (χ1v) is 11.6. The number of benzene rings is 3. The minimum absolute atomic E-state index is 0.228. The van der Waals surface area contributed by atoms with Gasteiger partial charge >= 0.3 is 6.09 Å². The van der Waals surface area contributed by atoms with Crippen LogP contribution in [0.2, 0.25) is 0 Å². The topological polar surface area (TPSA) is 34.5 Å². The summed E-state index contributed by atoms with van der Waals surface area (Å²) in [5.41, 5.74) is 3.81. The summed E-state index contributed by atoms with van der Waals surface area (Å²) in [6.07, 6.45) is 1.16. The minimum atomic E-state index is -1.84. The van der Waals surface area contributed by atoms with Crippen molar-refractivity contribution in [2.45, 2.75) is 34.2 Å². The maximum atomic E-state index is 14.4. The minimum Gasteiger partial charge on any atom is -0.410 e. The lowest BCUT2D eigenvalue weighted by atomic mass is 9.97. The molecule has 3 aromatic carbocycles. The van der Waals surface area contributed by atoms with Crippen molar-refractivity contribution in [3.8, 4) is 16.9 Å². The normalized spacial score (nSPS) is 11.2. The van der Waals surface area contributed by atoms with Crippen molar-refractivity contribution in [2.75, 3.05) is 13.1 Å². The summed E-state index contributed by atoms with van der Waals surface area (Å²) in [4.78, 5) is 14.3. The molecule has 4 nitrogen and oxygen atoms in total. The smallest absolute Gasteiger partial charge is 0.410 e. The third kappa shape index (κ3) is 4.67. The van der Waals surface area contributed by atoms with Crippen molar-refractivity contribution < 1.29 is 27.1 Å². The van der Waals surface area contributed by atoms with Crippen LogP contribution in [0.5, 0.6) is 5.75 Å². The van der Waals surface area contributed by atoms with Crippen molar-refractivity contribution >= 4 is 17.0 Å². The molecule has 0 radical (unpaired) electrons. The predicted molar refractivity (Wildman–Crippen MR) is 131 cm³/mol. The second-order valence-electron chi connectivity index (χ2n) is 8.69. The van der Waals surface area contributed by atoms with E-state index in [0.717, 1.165) is 16.7 Å². The number of amides is 1. The summed E-state index contributed by atoms with van der Waals surface area (Å²) in [5, 5.41) is 0.702. The molecule has 0 unspecified atom stereocenters. The third-order valence-corrected chi connectivity index (χ3v) is 6.16. The van der Waals surface area contributed by atoms with Gasteiger partial charge in [0, 0.05) is 41.3 Å². The second kappa shape index (κ2) is 10.0. The molecule has 0 aliphatic heterocycles.